The molecule has 3 atom stereocenters. The van der Waals surface area contributed by atoms with Crippen molar-refractivity contribution in [3.8, 4) is 5.75 Å². The van der Waals surface area contributed by atoms with E-state index in [4.69, 9.17) is 4.74 Å². The highest BCUT2D eigenvalue weighted by Crippen LogP contribution is 2.61. The Labute approximate surface area is 236 Å². The van der Waals surface area contributed by atoms with E-state index in [9.17, 15) is 18.8 Å². The number of fused-ring (bicyclic) bond motifs is 5. The zero-order chi connectivity index (χ0) is 28.5. The highest BCUT2D eigenvalue weighted by Gasteiger charge is 2.71. The van der Waals surface area contributed by atoms with Crippen LogP contribution in [0.25, 0.3) is 6.08 Å². The van der Waals surface area contributed by atoms with Gasteiger partial charge in [0.1, 0.15) is 23.0 Å². The number of carbonyl (C=O) groups is 3. The summed E-state index contributed by atoms with van der Waals surface area (Å²) in [6.45, 7) is 1.95. The number of ether oxygens (including phenoxy) is 1. The molecule has 6 heteroatoms. The van der Waals surface area contributed by atoms with Gasteiger partial charge in [0.2, 0.25) is 0 Å². The molecular weight excluding hydrogens is 517 g/mol. The first-order chi connectivity index (χ1) is 19.9. The summed E-state index contributed by atoms with van der Waals surface area (Å²) in [5.41, 5.74) is 2.47. The number of rotatable bonds is 4. The standard InChI is InChI=1S/C35H26FNO4/c1-20-7-9-22(10-8-20)32(38)31-30(21-11-15-25(41-2)16-12-21)35(33(39)26-5-3-4-6-27(26)34(35)40)29-18-13-23-19-24(36)14-17-28(23)37(29)31/h3-19,29-31H,1-2H3/t29-,30+,31-/m1/s1. The SMILES string of the molecule is COc1ccc([C@H]2[C@H](C(=O)c3ccc(C)cc3)N3c4ccc(F)cc4C=C[C@@H]3C23C(=O)c2ccccc2C3=O)cc1. The lowest BCUT2D eigenvalue weighted by molar-refractivity contribution is 0.0666. The molecule has 1 aliphatic carbocycles. The lowest BCUT2D eigenvalue weighted by atomic mass is 9.64. The van der Waals surface area contributed by atoms with E-state index in [1.165, 1.54) is 12.1 Å². The van der Waals surface area contributed by atoms with Gasteiger partial charge in [0.15, 0.2) is 17.3 Å². The summed E-state index contributed by atoms with van der Waals surface area (Å²) < 4.78 is 19.8. The van der Waals surface area contributed by atoms with Crippen molar-refractivity contribution in [3.63, 3.8) is 0 Å². The maximum Gasteiger partial charge on any atom is 0.185 e. The molecule has 0 aromatic heterocycles. The molecule has 202 valence electrons. The van der Waals surface area contributed by atoms with Gasteiger partial charge in [0, 0.05) is 33.9 Å². The van der Waals surface area contributed by atoms with Gasteiger partial charge in [-0.05, 0) is 42.8 Å². The summed E-state index contributed by atoms with van der Waals surface area (Å²) in [5, 5.41) is 0. The second kappa shape index (κ2) is 9.10. The molecule has 1 fully saturated rings. The number of nitrogens with zero attached hydrogens (tertiary/aromatic N) is 1. The molecule has 0 N–H and O–H groups in total. The number of aryl methyl sites for hydroxylation is 1. The Hall–Kier alpha value is -4.84. The van der Waals surface area contributed by atoms with E-state index in [2.05, 4.69) is 0 Å². The van der Waals surface area contributed by atoms with Crippen LogP contribution in [0, 0.1) is 18.2 Å². The van der Waals surface area contributed by atoms with E-state index in [1.54, 1.807) is 73.9 Å². The minimum atomic E-state index is -1.61. The fourth-order valence-electron chi connectivity index (χ4n) is 7.02. The second-order valence-corrected chi connectivity index (χ2v) is 10.9. The fourth-order valence-corrected chi connectivity index (χ4v) is 7.02. The lowest BCUT2D eigenvalue weighted by Crippen LogP contribution is -2.48. The molecule has 0 unspecified atom stereocenters. The molecule has 0 saturated carbocycles. The maximum atomic E-state index is 14.6. The van der Waals surface area contributed by atoms with Crippen LogP contribution in [0.5, 0.6) is 5.75 Å². The largest absolute Gasteiger partial charge is 0.497 e. The molecule has 4 aromatic rings. The van der Waals surface area contributed by atoms with Gasteiger partial charge < -0.3 is 9.64 Å². The minimum absolute atomic E-state index is 0.213. The van der Waals surface area contributed by atoms with Gasteiger partial charge in [-0.1, -0.05) is 78.4 Å². The van der Waals surface area contributed by atoms with Crippen LogP contribution >= 0.6 is 0 Å². The van der Waals surface area contributed by atoms with Crippen LogP contribution in [-0.4, -0.2) is 36.5 Å². The fraction of sp³-hybridized carbons (Fsp3) is 0.171. The maximum absolute atomic E-state index is 14.6. The molecule has 0 bridgehead atoms. The highest BCUT2D eigenvalue weighted by molar-refractivity contribution is 6.32. The zero-order valence-corrected chi connectivity index (χ0v) is 22.5. The molecule has 0 amide bonds. The molecule has 3 aliphatic rings. The molecule has 4 aromatic carbocycles. The topological polar surface area (TPSA) is 63.7 Å². The molecule has 0 radical (unpaired) electrons. The Bertz CT molecular complexity index is 1740. The molecule has 7 rings (SSSR count). The summed E-state index contributed by atoms with van der Waals surface area (Å²) in [6.07, 6.45) is 3.55. The van der Waals surface area contributed by atoms with Crippen LogP contribution < -0.4 is 9.64 Å². The Morgan fingerprint density at radius 3 is 2.17 bits per heavy atom. The van der Waals surface area contributed by atoms with Crippen LogP contribution in [-0.2, 0) is 0 Å². The second-order valence-electron chi connectivity index (χ2n) is 10.9. The summed E-state index contributed by atoms with van der Waals surface area (Å²) in [6, 6.07) is 24.1. The number of methoxy groups -OCH3 is 1. The minimum Gasteiger partial charge on any atom is -0.497 e. The lowest BCUT2D eigenvalue weighted by Gasteiger charge is -2.37. The molecule has 2 aliphatic heterocycles. The summed E-state index contributed by atoms with van der Waals surface area (Å²) in [4.78, 5) is 45.8. The van der Waals surface area contributed by atoms with Gasteiger partial charge in [-0.15, -0.1) is 0 Å². The van der Waals surface area contributed by atoms with Gasteiger partial charge in [-0.2, -0.15) is 0 Å². The number of carbonyl (C=O) groups excluding carboxylic acids is 3. The molecule has 1 spiro atoms. The van der Waals surface area contributed by atoms with Crippen molar-refractivity contribution in [2.24, 2.45) is 5.41 Å². The normalized spacial score (nSPS) is 21.5. The van der Waals surface area contributed by atoms with Crippen LogP contribution in [0.2, 0.25) is 0 Å². The third-order valence-corrected chi connectivity index (χ3v) is 8.85. The van der Waals surface area contributed by atoms with Crippen LogP contribution in [0.1, 0.15) is 53.7 Å². The van der Waals surface area contributed by atoms with Crippen molar-refractivity contribution in [1.82, 2.24) is 0 Å². The smallest absolute Gasteiger partial charge is 0.185 e. The van der Waals surface area contributed by atoms with Gasteiger partial charge in [0.05, 0.1) is 13.2 Å². The van der Waals surface area contributed by atoms with Crippen LogP contribution in [0.15, 0.2) is 97.1 Å². The number of hydrogen-bond acceptors (Lipinski definition) is 5. The van der Waals surface area contributed by atoms with Gasteiger partial charge in [-0.25, -0.2) is 4.39 Å². The molecule has 41 heavy (non-hydrogen) atoms. The van der Waals surface area contributed by atoms with E-state index in [-0.39, 0.29) is 17.3 Å². The van der Waals surface area contributed by atoms with Gasteiger partial charge in [-0.3, -0.25) is 14.4 Å². The number of benzene rings is 4. The summed E-state index contributed by atoms with van der Waals surface area (Å²) in [7, 11) is 1.57. The van der Waals surface area contributed by atoms with E-state index < -0.39 is 29.2 Å². The van der Waals surface area contributed by atoms with Crippen molar-refractivity contribution < 1.29 is 23.5 Å². The quantitative estimate of drug-likeness (QED) is 0.218. The first-order valence-electron chi connectivity index (χ1n) is 13.6. The summed E-state index contributed by atoms with van der Waals surface area (Å²) in [5.74, 6) is -1.44. The number of hydrogen-bond donors (Lipinski definition) is 0. The highest BCUT2D eigenvalue weighted by atomic mass is 19.1. The number of anilines is 1. The third kappa shape index (κ3) is 3.43. The Kier molecular flexibility index (Phi) is 5.58. The molecule has 1 saturated heterocycles. The average molecular weight is 544 g/mol. The van der Waals surface area contributed by atoms with Crippen LogP contribution in [0.3, 0.4) is 0 Å². The van der Waals surface area contributed by atoms with E-state index in [1.807, 2.05) is 36.1 Å². The number of Topliss-reactive ketones (excluding diaryl/α,β-unsaturated/α-hetero) is 3. The number of ketones is 3. The average Bonchev–Trinajstić information content (AvgIpc) is 3.43. The van der Waals surface area contributed by atoms with Crippen molar-refractivity contribution in [1.29, 1.82) is 0 Å². The van der Waals surface area contributed by atoms with Crippen molar-refractivity contribution in [3.05, 3.63) is 136 Å². The molecular formula is C35H26FNO4. The first kappa shape index (κ1) is 25.1. The van der Waals surface area contributed by atoms with E-state index >= 15 is 0 Å². The third-order valence-electron chi connectivity index (χ3n) is 8.85. The predicted octanol–water partition coefficient (Wildman–Crippen LogP) is 6.46. The first-order valence-corrected chi connectivity index (χ1v) is 13.6. The zero-order valence-electron chi connectivity index (χ0n) is 22.5. The number of halogens is 1. The predicted molar refractivity (Wildman–Crippen MR) is 154 cm³/mol. The van der Waals surface area contributed by atoms with E-state index in [0.717, 1.165) is 5.56 Å². The van der Waals surface area contributed by atoms with Crippen molar-refractivity contribution >= 4 is 29.1 Å². The monoisotopic (exact) mass is 543 g/mol. The molecule has 5 nitrogen and oxygen atoms in total. The van der Waals surface area contributed by atoms with Gasteiger partial charge in [0.25, 0.3) is 0 Å². The van der Waals surface area contributed by atoms with Crippen molar-refractivity contribution in [2.45, 2.75) is 24.9 Å². The Morgan fingerprint density at radius 1 is 0.878 bits per heavy atom. The van der Waals surface area contributed by atoms with Crippen LogP contribution in [0.4, 0.5) is 10.1 Å². The Morgan fingerprint density at radius 2 is 1.54 bits per heavy atom. The Balaban J connectivity index is 1.54. The molecule has 2 heterocycles. The van der Waals surface area contributed by atoms with E-state index in [0.29, 0.717) is 39.3 Å². The summed E-state index contributed by atoms with van der Waals surface area (Å²) >= 11 is 0. The van der Waals surface area contributed by atoms with Gasteiger partial charge >= 0.3 is 0 Å². The van der Waals surface area contributed by atoms with Crippen molar-refractivity contribution in [2.75, 3.05) is 12.0 Å².